The second-order valence-electron chi connectivity index (χ2n) is 14.6. The first-order chi connectivity index (χ1) is 18.2. The first-order valence-electron chi connectivity index (χ1n) is 16.0. The van der Waals surface area contributed by atoms with Gasteiger partial charge in [-0.3, -0.25) is 4.98 Å². The van der Waals surface area contributed by atoms with Gasteiger partial charge in [0.1, 0.15) is 6.10 Å². The summed E-state index contributed by atoms with van der Waals surface area (Å²) in [6.45, 7) is 15.1. The van der Waals surface area contributed by atoms with Crippen molar-refractivity contribution in [3.8, 4) is 0 Å². The van der Waals surface area contributed by atoms with Gasteiger partial charge in [0.05, 0.1) is 5.56 Å². The molecule has 1 heterocycles. The van der Waals surface area contributed by atoms with Gasteiger partial charge in [-0.2, -0.15) is 0 Å². The maximum absolute atomic E-state index is 12.7. The number of pyridine rings is 1. The van der Waals surface area contributed by atoms with Gasteiger partial charge in [-0.15, -0.1) is 0 Å². The van der Waals surface area contributed by atoms with E-state index in [1.807, 2.05) is 0 Å². The minimum atomic E-state index is -0.223. The molecule has 0 bridgehead atoms. The van der Waals surface area contributed by atoms with E-state index in [-0.39, 0.29) is 17.5 Å². The first kappa shape index (κ1) is 27.9. The fraction of sp³-hybridized carbons (Fsp3) is 0.771. The van der Waals surface area contributed by atoms with Crippen LogP contribution in [-0.4, -0.2) is 17.1 Å². The van der Waals surface area contributed by atoms with Crippen LogP contribution in [0.2, 0.25) is 0 Å². The quantitative estimate of drug-likeness (QED) is 0.254. The number of nitrogens with zero attached hydrogens (tertiary/aromatic N) is 1. The van der Waals surface area contributed by atoms with Gasteiger partial charge in [0.2, 0.25) is 0 Å². The van der Waals surface area contributed by atoms with Crippen molar-refractivity contribution in [2.75, 3.05) is 0 Å². The highest BCUT2D eigenvalue weighted by molar-refractivity contribution is 5.89. The lowest BCUT2D eigenvalue weighted by molar-refractivity contribution is -0.0602. The summed E-state index contributed by atoms with van der Waals surface area (Å²) < 4.78 is 5.98. The number of allylic oxidation sites excluding steroid dienone is 1. The van der Waals surface area contributed by atoms with Crippen molar-refractivity contribution in [2.45, 2.75) is 118 Å². The molecule has 0 aliphatic heterocycles. The van der Waals surface area contributed by atoms with Crippen LogP contribution in [0.5, 0.6) is 0 Å². The lowest BCUT2D eigenvalue weighted by Crippen LogP contribution is -2.51. The number of carbonyl (C=O) groups excluding carboxylic acids is 1. The molecule has 0 N–H and O–H groups in total. The number of carbonyl (C=O) groups is 1. The largest absolute Gasteiger partial charge is 0.458 e. The number of ether oxygens (including phenoxy) is 1. The molecule has 210 valence electrons. The van der Waals surface area contributed by atoms with Gasteiger partial charge in [-0.25, -0.2) is 4.79 Å². The Morgan fingerprint density at radius 2 is 1.89 bits per heavy atom. The summed E-state index contributed by atoms with van der Waals surface area (Å²) in [5.74, 6) is 5.75. The van der Waals surface area contributed by atoms with E-state index in [1.165, 1.54) is 51.4 Å². The Morgan fingerprint density at radius 3 is 2.61 bits per heavy atom. The molecule has 0 saturated heterocycles. The number of rotatable bonds is 8. The predicted molar refractivity (Wildman–Crippen MR) is 156 cm³/mol. The molecular formula is C35H53NO2. The van der Waals surface area contributed by atoms with Crippen LogP contribution < -0.4 is 0 Å². The second kappa shape index (κ2) is 11.1. The van der Waals surface area contributed by atoms with Crippen LogP contribution in [0.4, 0.5) is 0 Å². The second-order valence-corrected chi connectivity index (χ2v) is 14.6. The normalized spacial score (nSPS) is 38.0. The molecule has 0 amide bonds. The number of aromatic nitrogens is 1. The van der Waals surface area contributed by atoms with Crippen LogP contribution in [0.1, 0.15) is 123 Å². The molecule has 4 aliphatic carbocycles. The zero-order valence-electron chi connectivity index (χ0n) is 25.0. The van der Waals surface area contributed by atoms with Gasteiger partial charge in [0.15, 0.2) is 0 Å². The molecule has 1 aromatic rings. The third-order valence-electron chi connectivity index (χ3n) is 12.1. The standard InChI is InChI=1S/C35H53NO2/c1-7-25(19-23(2)3)20-24(4)30-12-13-31-29-11-10-27-21-28(38-33(37)26-9-8-18-36-22-26)14-16-34(27,5)32(29)15-17-35(30,31)6/h8-10,18,22-25,28-32H,7,11-17,19-21H2,1-6H3/t24?,25?,28?,29?,30?,31?,32?,34-,35+/m0/s1. The van der Waals surface area contributed by atoms with Gasteiger partial charge in [0.25, 0.3) is 0 Å². The maximum atomic E-state index is 12.7. The van der Waals surface area contributed by atoms with Crippen molar-refractivity contribution in [2.24, 2.45) is 52.3 Å². The summed E-state index contributed by atoms with van der Waals surface area (Å²) >= 11 is 0. The summed E-state index contributed by atoms with van der Waals surface area (Å²) in [5.41, 5.74) is 2.95. The Kier molecular flexibility index (Phi) is 8.14. The van der Waals surface area contributed by atoms with E-state index in [0.29, 0.717) is 11.0 Å². The van der Waals surface area contributed by atoms with E-state index in [9.17, 15) is 4.79 Å². The topological polar surface area (TPSA) is 39.2 Å². The van der Waals surface area contributed by atoms with E-state index in [2.05, 4.69) is 52.6 Å². The van der Waals surface area contributed by atoms with Crippen molar-refractivity contribution >= 4 is 5.97 Å². The molecule has 0 radical (unpaired) electrons. The molecule has 9 atom stereocenters. The molecule has 4 aliphatic rings. The van der Waals surface area contributed by atoms with Crippen LogP contribution in [0.15, 0.2) is 36.2 Å². The third-order valence-corrected chi connectivity index (χ3v) is 12.1. The van der Waals surface area contributed by atoms with Crippen molar-refractivity contribution in [1.82, 2.24) is 4.98 Å². The van der Waals surface area contributed by atoms with Crippen LogP contribution in [0.25, 0.3) is 0 Å². The highest BCUT2D eigenvalue weighted by Crippen LogP contribution is 2.67. The lowest BCUT2D eigenvalue weighted by atomic mass is 9.47. The molecular weight excluding hydrogens is 466 g/mol. The zero-order chi connectivity index (χ0) is 27.1. The highest BCUT2D eigenvalue weighted by Gasteiger charge is 2.59. The number of hydrogen-bond acceptors (Lipinski definition) is 3. The van der Waals surface area contributed by atoms with Gasteiger partial charge in [-0.1, -0.05) is 59.6 Å². The predicted octanol–water partition coefficient (Wildman–Crippen LogP) is 9.28. The molecule has 0 spiro atoms. The summed E-state index contributed by atoms with van der Waals surface area (Å²) in [6, 6.07) is 3.60. The van der Waals surface area contributed by atoms with Gasteiger partial charge >= 0.3 is 5.97 Å². The first-order valence-corrected chi connectivity index (χ1v) is 16.0. The Balaban J connectivity index is 1.26. The minimum absolute atomic E-state index is 0.00139. The molecule has 5 rings (SSSR count). The number of hydrogen-bond donors (Lipinski definition) is 0. The maximum Gasteiger partial charge on any atom is 0.339 e. The van der Waals surface area contributed by atoms with Gasteiger partial charge in [-0.05, 0) is 122 Å². The summed E-state index contributed by atoms with van der Waals surface area (Å²) in [5, 5.41) is 0. The third kappa shape index (κ3) is 5.13. The lowest BCUT2D eigenvalue weighted by Gasteiger charge is -2.58. The molecule has 3 nitrogen and oxygen atoms in total. The van der Waals surface area contributed by atoms with Crippen molar-refractivity contribution < 1.29 is 9.53 Å². The summed E-state index contributed by atoms with van der Waals surface area (Å²) in [6.07, 6.45) is 20.1. The Labute approximate surface area is 232 Å². The van der Waals surface area contributed by atoms with Crippen LogP contribution in [0.3, 0.4) is 0 Å². The fourth-order valence-corrected chi connectivity index (χ4v) is 10.2. The average molecular weight is 520 g/mol. The van der Waals surface area contributed by atoms with Crippen molar-refractivity contribution in [3.05, 3.63) is 41.7 Å². The fourth-order valence-electron chi connectivity index (χ4n) is 10.2. The van der Waals surface area contributed by atoms with E-state index in [4.69, 9.17) is 4.74 Å². The summed E-state index contributed by atoms with van der Waals surface area (Å²) in [7, 11) is 0. The zero-order valence-corrected chi connectivity index (χ0v) is 25.0. The van der Waals surface area contributed by atoms with E-state index >= 15 is 0 Å². The molecule has 1 aromatic heterocycles. The SMILES string of the molecule is CCC(CC(C)C)CC(C)C1CCC2C3CC=C4CC(OC(=O)c5cccnc5)CC[C@]4(C)C3CC[C@]12C. The van der Waals surface area contributed by atoms with Crippen LogP contribution in [0, 0.1) is 52.3 Å². The molecule has 7 unspecified atom stereocenters. The Hall–Kier alpha value is -1.64. The van der Waals surface area contributed by atoms with E-state index in [0.717, 1.165) is 60.7 Å². The summed E-state index contributed by atoms with van der Waals surface area (Å²) in [4.78, 5) is 16.8. The molecule has 3 saturated carbocycles. The molecule has 0 aromatic carbocycles. The molecule has 3 heteroatoms. The van der Waals surface area contributed by atoms with E-state index < -0.39 is 0 Å². The molecule has 3 fully saturated rings. The van der Waals surface area contributed by atoms with Gasteiger partial charge < -0.3 is 4.74 Å². The monoisotopic (exact) mass is 519 g/mol. The highest BCUT2D eigenvalue weighted by atomic mass is 16.5. The smallest absolute Gasteiger partial charge is 0.339 e. The number of fused-ring (bicyclic) bond motifs is 5. The Bertz CT molecular complexity index is 1000. The minimum Gasteiger partial charge on any atom is -0.458 e. The van der Waals surface area contributed by atoms with E-state index in [1.54, 1.807) is 30.1 Å². The van der Waals surface area contributed by atoms with Crippen molar-refractivity contribution in [3.63, 3.8) is 0 Å². The van der Waals surface area contributed by atoms with Gasteiger partial charge in [0, 0.05) is 18.8 Å². The van der Waals surface area contributed by atoms with Crippen LogP contribution in [-0.2, 0) is 4.74 Å². The van der Waals surface area contributed by atoms with Crippen molar-refractivity contribution in [1.29, 1.82) is 0 Å². The Morgan fingerprint density at radius 1 is 1.08 bits per heavy atom. The average Bonchev–Trinajstić information content (AvgIpc) is 3.26. The van der Waals surface area contributed by atoms with Crippen LogP contribution >= 0.6 is 0 Å². The molecule has 38 heavy (non-hydrogen) atoms. The number of esters is 1.